The Labute approximate surface area is 117 Å². The number of unbranched alkanes of at least 4 members (excludes halogenated alkanes) is 1. The van der Waals surface area contributed by atoms with Crippen LogP contribution in [0.2, 0.25) is 5.02 Å². The van der Waals surface area contributed by atoms with Crippen molar-refractivity contribution in [2.75, 3.05) is 13.2 Å². The number of rotatable bonds is 7. The van der Waals surface area contributed by atoms with Gasteiger partial charge in [0.1, 0.15) is 5.75 Å². The van der Waals surface area contributed by atoms with Gasteiger partial charge in [-0.3, -0.25) is 9.59 Å². The normalized spacial score (nSPS) is 10.0. The molecule has 1 rings (SSSR count). The molecule has 0 heterocycles. The van der Waals surface area contributed by atoms with Crippen LogP contribution >= 0.6 is 11.6 Å². The third-order valence-electron chi connectivity index (χ3n) is 2.42. The molecular formula is C13H17ClN2O3. The summed E-state index contributed by atoms with van der Waals surface area (Å²) in [5.74, 6) is -0.634. The Hall–Kier alpha value is -1.75. The first-order chi connectivity index (χ1) is 9.04. The van der Waals surface area contributed by atoms with Crippen LogP contribution in [0.1, 0.15) is 30.1 Å². The first-order valence-electron chi connectivity index (χ1n) is 6.03. The zero-order valence-corrected chi connectivity index (χ0v) is 11.5. The molecule has 6 heteroatoms. The van der Waals surface area contributed by atoms with Crippen molar-refractivity contribution in [1.82, 2.24) is 5.32 Å². The number of nitrogens with two attached hydrogens (primary N) is 1. The molecular weight excluding hydrogens is 268 g/mol. The summed E-state index contributed by atoms with van der Waals surface area (Å²) in [5, 5.41) is 3.09. The fourth-order valence-electron chi connectivity index (χ4n) is 1.42. The molecule has 0 aliphatic heterocycles. The molecule has 0 spiro atoms. The van der Waals surface area contributed by atoms with E-state index in [4.69, 9.17) is 22.1 Å². The number of halogens is 1. The Morgan fingerprint density at radius 2 is 2.16 bits per heavy atom. The number of nitrogens with one attached hydrogen (secondary N) is 1. The molecule has 0 bridgehead atoms. The lowest BCUT2D eigenvalue weighted by Crippen LogP contribution is -2.30. The maximum atomic E-state index is 11.5. The Morgan fingerprint density at radius 3 is 2.79 bits per heavy atom. The first kappa shape index (κ1) is 15.3. The average molecular weight is 285 g/mol. The largest absolute Gasteiger partial charge is 0.483 e. The molecule has 104 valence electrons. The summed E-state index contributed by atoms with van der Waals surface area (Å²) in [4.78, 5) is 22.7. The SMILES string of the molecule is CCCCNC(=O)COc1ccc(Cl)cc1C(N)=O. The number of amides is 2. The van der Waals surface area contributed by atoms with E-state index in [0.717, 1.165) is 12.8 Å². The van der Waals surface area contributed by atoms with E-state index in [9.17, 15) is 9.59 Å². The predicted molar refractivity (Wildman–Crippen MR) is 73.4 cm³/mol. The number of carbonyl (C=O) groups is 2. The van der Waals surface area contributed by atoms with Crippen molar-refractivity contribution in [3.05, 3.63) is 28.8 Å². The number of benzene rings is 1. The van der Waals surface area contributed by atoms with Gasteiger partial charge in [0, 0.05) is 11.6 Å². The van der Waals surface area contributed by atoms with Crippen LogP contribution in [-0.4, -0.2) is 25.0 Å². The van der Waals surface area contributed by atoms with Crippen LogP contribution < -0.4 is 15.8 Å². The van der Waals surface area contributed by atoms with Crippen molar-refractivity contribution in [3.8, 4) is 5.75 Å². The molecule has 2 amide bonds. The highest BCUT2D eigenvalue weighted by atomic mass is 35.5. The molecule has 0 fully saturated rings. The van der Waals surface area contributed by atoms with Crippen molar-refractivity contribution in [1.29, 1.82) is 0 Å². The molecule has 0 radical (unpaired) electrons. The van der Waals surface area contributed by atoms with E-state index in [2.05, 4.69) is 5.32 Å². The lowest BCUT2D eigenvalue weighted by atomic mass is 10.2. The maximum Gasteiger partial charge on any atom is 0.257 e. The second-order valence-corrected chi connectivity index (χ2v) is 4.43. The van der Waals surface area contributed by atoms with Crippen LogP contribution in [0.25, 0.3) is 0 Å². The summed E-state index contributed by atoms with van der Waals surface area (Å²) in [5.41, 5.74) is 5.37. The molecule has 0 aliphatic rings. The van der Waals surface area contributed by atoms with Crippen LogP contribution in [0.3, 0.4) is 0 Å². The van der Waals surface area contributed by atoms with E-state index in [1.165, 1.54) is 12.1 Å². The van der Waals surface area contributed by atoms with Gasteiger partial charge in [0.05, 0.1) is 5.56 Å². The van der Waals surface area contributed by atoms with Crippen LogP contribution in [0.4, 0.5) is 0 Å². The van der Waals surface area contributed by atoms with Crippen molar-refractivity contribution in [2.24, 2.45) is 5.73 Å². The highest BCUT2D eigenvalue weighted by molar-refractivity contribution is 6.31. The first-order valence-corrected chi connectivity index (χ1v) is 6.41. The number of carbonyl (C=O) groups excluding carboxylic acids is 2. The molecule has 0 saturated heterocycles. The minimum Gasteiger partial charge on any atom is -0.483 e. The number of ether oxygens (including phenoxy) is 1. The lowest BCUT2D eigenvalue weighted by Gasteiger charge is -2.10. The lowest BCUT2D eigenvalue weighted by molar-refractivity contribution is -0.123. The monoisotopic (exact) mass is 284 g/mol. The Kier molecular flexibility index (Phi) is 6.15. The average Bonchev–Trinajstić information content (AvgIpc) is 2.37. The molecule has 0 aliphatic carbocycles. The summed E-state index contributed by atoms with van der Waals surface area (Å²) >= 11 is 5.77. The van der Waals surface area contributed by atoms with Gasteiger partial charge in [0.25, 0.3) is 11.8 Å². The topological polar surface area (TPSA) is 81.4 Å². The summed E-state index contributed by atoms with van der Waals surface area (Å²) in [6.07, 6.45) is 1.92. The minimum absolute atomic E-state index is 0.161. The molecule has 19 heavy (non-hydrogen) atoms. The molecule has 0 aromatic heterocycles. The number of hydrogen-bond acceptors (Lipinski definition) is 3. The Balaban J connectivity index is 2.57. The van der Waals surface area contributed by atoms with Gasteiger partial charge in [-0.15, -0.1) is 0 Å². The second kappa shape index (κ2) is 7.63. The van der Waals surface area contributed by atoms with Gasteiger partial charge in [0.15, 0.2) is 6.61 Å². The van der Waals surface area contributed by atoms with Crippen LogP contribution in [-0.2, 0) is 4.79 Å². The zero-order valence-electron chi connectivity index (χ0n) is 10.7. The van der Waals surface area contributed by atoms with Crippen molar-refractivity contribution in [2.45, 2.75) is 19.8 Å². The standard InChI is InChI=1S/C13H17ClN2O3/c1-2-3-6-16-12(17)8-19-11-5-4-9(14)7-10(11)13(15)18/h4-5,7H,2-3,6,8H2,1H3,(H2,15,18)(H,16,17). The fourth-order valence-corrected chi connectivity index (χ4v) is 1.59. The van der Waals surface area contributed by atoms with E-state index in [0.29, 0.717) is 11.6 Å². The highest BCUT2D eigenvalue weighted by Gasteiger charge is 2.11. The highest BCUT2D eigenvalue weighted by Crippen LogP contribution is 2.22. The maximum absolute atomic E-state index is 11.5. The minimum atomic E-state index is -0.649. The van der Waals surface area contributed by atoms with Crippen molar-refractivity contribution >= 4 is 23.4 Å². The Morgan fingerprint density at radius 1 is 1.42 bits per heavy atom. The van der Waals surface area contributed by atoms with Gasteiger partial charge in [-0.25, -0.2) is 0 Å². The van der Waals surface area contributed by atoms with Gasteiger partial charge >= 0.3 is 0 Å². The summed E-state index contributed by atoms with van der Waals surface area (Å²) < 4.78 is 5.27. The van der Waals surface area contributed by atoms with Crippen molar-refractivity contribution < 1.29 is 14.3 Å². The van der Waals surface area contributed by atoms with Gasteiger partial charge in [-0.1, -0.05) is 24.9 Å². The van der Waals surface area contributed by atoms with Gasteiger partial charge < -0.3 is 15.8 Å². The van der Waals surface area contributed by atoms with E-state index in [-0.39, 0.29) is 23.8 Å². The quantitative estimate of drug-likeness (QED) is 0.748. The van der Waals surface area contributed by atoms with Crippen LogP contribution in [0.5, 0.6) is 5.75 Å². The van der Waals surface area contributed by atoms with Gasteiger partial charge in [-0.2, -0.15) is 0 Å². The van der Waals surface area contributed by atoms with Crippen LogP contribution in [0.15, 0.2) is 18.2 Å². The summed E-state index contributed by atoms with van der Waals surface area (Å²) in [6, 6.07) is 4.49. The molecule has 0 unspecified atom stereocenters. The molecule has 1 aromatic rings. The molecule has 3 N–H and O–H groups in total. The van der Waals surface area contributed by atoms with E-state index in [1.54, 1.807) is 6.07 Å². The van der Waals surface area contributed by atoms with Gasteiger partial charge in [0.2, 0.25) is 0 Å². The molecule has 1 aromatic carbocycles. The van der Waals surface area contributed by atoms with Crippen molar-refractivity contribution in [3.63, 3.8) is 0 Å². The van der Waals surface area contributed by atoms with E-state index < -0.39 is 5.91 Å². The van der Waals surface area contributed by atoms with Crippen LogP contribution in [0, 0.1) is 0 Å². The summed E-state index contributed by atoms with van der Waals surface area (Å²) in [7, 11) is 0. The smallest absolute Gasteiger partial charge is 0.257 e. The van der Waals surface area contributed by atoms with E-state index in [1.807, 2.05) is 6.92 Å². The molecule has 0 atom stereocenters. The third-order valence-corrected chi connectivity index (χ3v) is 2.65. The number of hydrogen-bond donors (Lipinski definition) is 2. The third kappa shape index (κ3) is 5.18. The second-order valence-electron chi connectivity index (χ2n) is 4.00. The fraction of sp³-hybridized carbons (Fsp3) is 0.385. The Bertz CT molecular complexity index is 463. The molecule has 5 nitrogen and oxygen atoms in total. The predicted octanol–water partition coefficient (Wildman–Crippen LogP) is 1.73. The zero-order chi connectivity index (χ0) is 14.3. The summed E-state index contributed by atoms with van der Waals surface area (Å²) in [6.45, 7) is 2.49. The molecule has 0 saturated carbocycles. The van der Waals surface area contributed by atoms with Gasteiger partial charge in [-0.05, 0) is 24.6 Å². The van der Waals surface area contributed by atoms with E-state index >= 15 is 0 Å². The number of primary amides is 1.